The third-order valence-corrected chi connectivity index (χ3v) is 4.05. The average Bonchev–Trinajstić information content (AvgIpc) is 3.13. The average molecular weight is 270 g/mol. The molecule has 0 spiro atoms. The van der Waals surface area contributed by atoms with Gasteiger partial charge in [-0.05, 0) is 19.8 Å². The van der Waals surface area contributed by atoms with E-state index in [4.69, 9.17) is 4.74 Å². The molecule has 7 heteroatoms. The fourth-order valence-corrected chi connectivity index (χ4v) is 2.50. The molecule has 100 valence electrons. The smallest absolute Gasteiger partial charge is 0.323 e. The van der Waals surface area contributed by atoms with Gasteiger partial charge in [0.25, 0.3) is 0 Å². The number of aryl methyl sites for hydroxylation is 1. The van der Waals surface area contributed by atoms with E-state index < -0.39 is 0 Å². The second kappa shape index (κ2) is 5.71. The fourth-order valence-electron chi connectivity index (χ4n) is 1.53. The molecule has 1 saturated carbocycles. The molecule has 1 N–H and O–H groups in total. The number of nitrogens with one attached hydrogen (secondary N) is 1. The Morgan fingerprint density at radius 1 is 1.61 bits per heavy atom. The number of esters is 1. The number of thioether (sulfide) groups is 1. The lowest BCUT2D eigenvalue weighted by molar-refractivity contribution is -0.142. The molecule has 1 aliphatic carbocycles. The van der Waals surface area contributed by atoms with E-state index in [1.807, 2.05) is 18.5 Å². The standard InChI is InChI=1S/C11H18N4O2S/c1-7-13-14-11(15(7)2)18-6-9(10(16)17-3)12-8-4-5-8/h8-9,12H,4-6H2,1-3H3. The largest absolute Gasteiger partial charge is 0.468 e. The van der Waals surface area contributed by atoms with E-state index in [-0.39, 0.29) is 12.0 Å². The van der Waals surface area contributed by atoms with Crippen molar-refractivity contribution in [2.45, 2.75) is 37.0 Å². The molecular formula is C11H18N4O2S. The highest BCUT2D eigenvalue weighted by atomic mass is 32.2. The van der Waals surface area contributed by atoms with Gasteiger partial charge in [0, 0.05) is 18.8 Å². The summed E-state index contributed by atoms with van der Waals surface area (Å²) in [6.45, 7) is 1.90. The Bertz CT molecular complexity index is 431. The van der Waals surface area contributed by atoms with Crippen LogP contribution >= 0.6 is 11.8 Å². The number of carbonyl (C=O) groups excluding carboxylic acids is 1. The maximum atomic E-state index is 11.6. The Labute approximate surface area is 110 Å². The minimum atomic E-state index is -0.274. The zero-order chi connectivity index (χ0) is 13.1. The normalized spacial score (nSPS) is 16.6. The summed E-state index contributed by atoms with van der Waals surface area (Å²) in [7, 11) is 3.33. The molecule has 0 radical (unpaired) electrons. The van der Waals surface area contributed by atoms with Gasteiger partial charge < -0.3 is 14.6 Å². The van der Waals surface area contributed by atoms with Gasteiger partial charge in [0.05, 0.1) is 7.11 Å². The molecule has 1 fully saturated rings. The van der Waals surface area contributed by atoms with Crippen molar-refractivity contribution in [1.82, 2.24) is 20.1 Å². The summed E-state index contributed by atoms with van der Waals surface area (Å²) in [5.74, 6) is 1.25. The lowest BCUT2D eigenvalue weighted by atomic mass is 10.3. The Kier molecular flexibility index (Phi) is 4.23. The quantitative estimate of drug-likeness (QED) is 0.600. The molecule has 18 heavy (non-hydrogen) atoms. The third kappa shape index (κ3) is 3.23. The highest BCUT2D eigenvalue weighted by Gasteiger charge is 2.29. The van der Waals surface area contributed by atoms with Gasteiger partial charge in [-0.2, -0.15) is 0 Å². The fraction of sp³-hybridized carbons (Fsp3) is 0.727. The summed E-state index contributed by atoms with van der Waals surface area (Å²) in [5.41, 5.74) is 0. The molecule has 2 rings (SSSR count). The van der Waals surface area contributed by atoms with Crippen molar-refractivity contribution in [2.24, 2.45) is 7.05 Å². The molecule has 1 heterocycles. The lowest BCUT2D eigenvalue weighted by Gasteiger charge is -2.15. The number of rotatable bonds is 6. The van der Waals surface area contributed by atoms with Crippen molar-refractivity contribution in [3.8, 4) is 0 Å². The van der Waals surface area contributed by atoms with Gasteiger partial charge in [-0.15, -0.1) is 10.2 Å². The van der Waals surface area contributed by atoms with E-state index in [1.54, 1.807) is 0 Å². The molecule has 0 aliphatic heterocycles. The molecular weight excluding hydrogens is 252 g/mol. The summed E-state index contributed by atoms with van der Waals surface area (Å²) in [5, 5.41) is 12.2. The van der Waals surface area contributed by atoms with Crippen LogP contribution in [0.5, 0.6) is 0 Å². The minimum absolute atomic E-state index is 0.215. The maximum Gasteiger partial charge on any atom is 0.323 e. The number of methoxy groups -OCH3 is 1. The summed E-state index contributed by atoms with van der Waals surface area (Å²) in [6, 6.07) is 0.195. The van der Waals surface area contributed by atoms with Crippen molar-refractivity contribution in [3.05, 3.63) is 5.82 Å². The Balaban J connectivity index is 1.91. The van der Waals surface area contributed by atoms with Crippen LogP contribution in [0.4, 0.5) is 0 Å². The molecule has 6 nitrogen and oxygen atoms in total. The van der Waals surface area contributed by atoms with E-state index in [2.05, 4.69) is 15.5 Å². The SMILES string of the molecule is COC(=O)C(CSc1nnc(C)n1C)NC1CC1. The highest BCUT2D eigenvalue weighted by Crippen LogP contribution is 2.22. The van der Waals surface area contributed by atoms with Crippen LogP contribution in [0, 0.1) is 6.92 Å². The van der Waals surface area contributed by atoms with Crippen molar-refractivity contribution in [3.63, 3.8) is 0 Å². The number of nitrogens with zero attached hydrogens (tertiary/aromatic N) is 3. The molecule has 1 atom stereocenters. The second-order valence-electron chi connectivity index (χ2n) is 4.42. The molecule has 1 unspecified atom stereocenters. The number of hydrogen-bond acceptors (Lipinski definition) is 6. The van der Waals surface area contributed by atoms with Crippen LogP contribution in [0.25, 0.3) is 0 Å². The summed E-state index contributed by atoms with van der Waals surface area (Å²) < 4.78 is 6.72. The van der Waals surface area contributed by atoms with Gasteiger partial charge in [-0.1, -0.05) is 11.8 Å². The Morgan fingerprint density at radius 3 is 2.83 bits per heavy atom. The van der Waals surface area contributed by atoms with Gasteiger partial charge in [0.1, 0.15) is 11.9 Å². The predicted molar refractivity (Wildman–Crippen MR) is 68.4 cm³/mol. The van der Waals surface area contributed by atoms with Crippen molar-refractivity contribution >= 4 is 17.7 Å². The molecule has 0 aromatic carbocycles. The van der Waals surface area contributed by atoms with Crippen molar-refractivity contribution in [1.29, 1.82) is 0 Å². The van der Waals surface area contributed by atoms with Crippen LogP contribution in [0.2, 0.25) is 0 Å². The Morgan fingerprint density at radius 2 is 2.33 bits per heavy atom. The molecule has 0 saturated heterocycles. The first-order valence-electron chi connectivity index (χ1n) is 5.94. The van der Waals surface area contributed by atoms with E-state index in [0.29, 0.717) is 11.8 Å². The maximum absolute atomic E-state index is 11.6. The summed E-state index contributed by atoms with van der Waals surface area (Å²) in [6.07, 6.45) is 2.28. The predicted octanol–water partition coefficient (Wildman–Crippen LogP) is 0.509. The van der Waals surface area contributed by atoms with Crippen LogP contribution in [-0.4, -0.2) is 45.7 Å². The minimum Gasteiger partial charge on any atom is -0.468 e. The van der Waals surface area contributed by atoms with E-state index in [9.17, 15) is 4.79 Å². The lowest BCUT2D eigenvalue weighted by Crippen LogP contribution is -2.41. The van der Waals surface area contributed by atoms with Crippen molar-refractivity contribution in [2.75, 3.05) is 12.9 Å². The zero-order valence-electron chi connectivity index (χ0n) is 10.8. The third-order valence-electron chi connectivity index (χ3n) is 2.93. The van der Waals surface area contributed by atoms with Gasteiger partial charge >= 0.3 is 5.97 Å². The number of carbonyl (C=O) groups is 1. The first-order chi connectivity index (χ1) is 8.61. The molecule has 1 aromatic heterocycles. The van der Waals surface area contributed by atoms with Gasteiger partial charge in [-0.3, -0.25) is 4.79 Å². The second-order valence-corrected chi connectivity index (χ2v) is 5.40. The molecule has 1 aromatic rings. The summed E-state index contributed by atoms with van der Waals surface area (Å²) >= 11 is 1.52. The number of aromatic nitrogens is 3. The van der Waals surface area contributed by atoms with Gasteiger partial charge in [-0.25, -0.2) is 0 Å². The van der Waals surface area contributed by atoms with Crippen LogP contribution in [0.3, 0.4) is 0 Å². The number of ether oxygens (including phenoxy) is 1. The first-order valence-corrected chi connectivity index (χ1v) is 6.93. The van der Waals surface area contributed by atoms with Gasteiger partial charge in [0.2, 0.25) is 0 Å². The van der Waals surface area contributed by atoms with Crippen LogP contribution in [-0.2, 0) is 16.6 Å². The summed E-state index contributed by atoms with van der Waals surface area (Å²) in [4.78, 5) is 11.6. The first kappa shape index (κ1) is 13.4. The Hall–Kier alpha value is -1.08. The van der Waals surface area contributed by atoms with Crippen molar-refractivity contribution < 1.29 is 9.53 Å². The van der Waals surface area contributed by atoms with Crippen LogP contribution in [0.15, 0.2) is 5.16 Å². The zero-order valence-corrected chi connectivity index (χ0v) is 11.7. The monoisotopic (exact) mass is 270 g/mol. The van der Waals surface area contributed by atoms with Crippen LogP contribution < -0.4 is 5.32 Å². The van der Waals surface area contributed by atoms with E-state index in [1.165, 1.54) is 18.9 Å². The molecule has 0 amide bonds. The van der Waals surface area contributed by atoms with Crippen LogP contribution in [0.1, 0.15) is 18.7 Å². The topological polar surface area (TPSA) is 69.0 Å². The van der Waals surface area contributed by atoms with E-state index in [0.717, 1.165) is 23.8 Å². The number of hydrogen-bond donors (Lipinski definition) is 1. The molecule has 0 bridgehead atoms. The van der Waals surface area contributed by atoms with E-state index >= 15 is 0 Å². The highest BCUT2D eigenvalue weighted by molar-refractivity contribution is 7.99. The molecule has 1 aliphatic rings. The van der Waals surface area contributed by atoms with Gasteiger partial charge in [0.15, 0.2) is 5.16 Å².